The molecule has 0 aliphatic carbocycles. The minimum absolute atomic E-state index is 0.121. The van der Waals surface area contributed by atoms with Gasteiger partial charge in [0.1, 0.15) is 0 Å². The summed E-state index contributed by atoms with van der Waals surface area (Å²) in [4.78, 5) is 13.5. The largest absolute Gasteiger partial charge is 0.263 e. The summed E-state index contributed by atoms with van der Waals surface area (Å²) in [5, 5.41) is 18.9. The number of thiophene rings is 3. The van der Waals surface area contributed by atoms with E-state index in [9.17, 15) is 10.5 Å². The van der Waals surface area contributed by atoms with E-state index in [2.05, 4.69) is 61.7 Å². The van der Waals surface area contributed by atoms with Crippen molar-refractivity contribution in [3.05, 3.63) is 79.4 Å². The van der Waals surface area contributed by atoms with Crippen molar-refractivity contribution in [3.8, 4) is 31.6 Å². The van der Waals surface area contributed by atoms with Gasteiger partial charge in [0, 0.05) is 29.3 Å². The molecule has 222 valence electrons. The smallest absolute Gasteiger partial charge is 0.227 e. The standard InChI is InChI=1S/C36H40N4S3/c1-7-11-13-25(9-3)17-27-19-35(42-33(27)21-29(23-37)39-5)31-15-16-32(41-31)36-20-28(18-26(10-4)14-12-8-2)34(43-36)22-30(24-38)40-6/h15-16,19-22,25-26H,7-14,17-18H2,1-4H3/b29-21-,30-22+. The van der Waals surface area contributed by atoms with Crippen LogP contribution in [0.2, 0.25) is 0 Å². The first-order valence-corrected chi connectivity index (χ1v) is 17.7. The van der Waals surface area contributed by atoms with Crippen molar-refractivity contribution < 1.29 is 0 Å². The molecule has 3 rings (SSSR count). The van der Waals surface area contributed by atoms with E-state index in [0.717, 1.165) is 45.2 Å². The van der Waals surface area contributed by atoms with E-state index < -0.39 is 0 Å². The Hall–Kier alpha value is -3.46. The van der Waals surface area contributed by atoms with Gasteiger partial charge in [-0.3, -0.25) is 0 Å². The first kappa shape index (κ1) is 34.0. The van der Waals surface area contributed by atoms with Crippen LogP contribution >= 0.6 is 34.0 Å². The molecule has 2 atom stereocenters. The van der Waals surface area contributed by atoms with Crippen molar-refractivity contribution in [2.24, 2.45) is 11.8 Å². The Balaban J connectivity index is 2.01. The number of hydrogen-bond donors (Lipinski definition) is 0. The molecule has 0 aliphatic heterocycles. The molecule has 3 aromatic rings. The normalized spacial score (nSPS) is 13.1. The van der Waals surface area contributed by atoms with Crippen molar-refractivity contribution in [1.29, 1.82) is 10.5 Å². The summed E-state index contributed by atoms with van der Waals surface area (Å²) in [6.45, 7) is 23.7. The van der Waals surface area contributed by atoms with Gasteiger partial charge >= 0.3 is 0 Å². The molecule has 0 fully saturated rings. The van der Waals surface area contributed by atoms with Crippen LogP contribution in [0, 0.1) is 47.6 Å². The van der Waals surface area contributed by atoms with Gasteiger partial charge in [-0.2, -0.15) is 0 Å². The average Bonchev–Trinajstić information content (AvgIpc) is 3.77. The highest BCUT2D eigenvalue weighted by Gasteiger charge is 2.19. The average molecular weight is 625 g/mol. The number of nitrogens with zero attached hydrogens (tertiary/aromatic N) is 4. The van der Waals surface area contributed by atoms with Gasteiger partial charge in [0.15, 0.2) is 0 Å². The summed E-state index contributed by atoms with van der Waals surface area (Å²) in [6.07, 6.45) is 14.8. The van der Waals surface area contributed by atoms with Crippen LogP contribution in [0.4, 0.5) is 0 Å². The summed E-state index contributed by atoms with van der Waals surface area (Å²) >= 11 is 5.07. The Labute approximate surface area is 270 Å². The van der Waals surface area contributed by atoms with Gasteiger partial charge in [0.25, 0.3) is 11.4 Å². The van der Waals surface area contributed by atoms with Crippen LogP contribution in [0.1, 0.15) is 99.9 Å². The van der Waals surface area contributed by atoms with Crippen LogP contribution in [-0.2, 0) is 12.8 Å². The summed E-state index contributed by atoms with van der Waals surface area (Å²) in [7, 11) is 0. The molecule has 0 aliphatic rings. The molecular weight excluding hydrogens is 585 g/mol. The Bertz CT molecular complexity index is 1440. The van der Waals surface area contributed by atoms with Crippen LogP contribution in [0.5, 0.6) is 0 Å². The molecule has 0 N–H and O–H groups in total. The van der Waals surface area contributed by atoms with Crippen molar-refractivity contribution >= 4 is 46.2 Å². The molecule has 0 amide bonds. The van der Waals surface area contributed by atoms with E-state index in [1.165, 1.54) is 59.4 Å². The number of hydrogen-bond acceptors (Lipinski definition) is 5. The summed E-state index contributed by atoms with van der Waals surface area (Å²) < 4.78 is 0. The maximum atomic E-state index is 9.44. The molecule has 0 saturated carbocycles. The third-order valence-electron chi connectivity index (χ3n) is 7.88. The van der Waals surface area contributed by atoms with E-state index in [0.29, 0.717) is 11.8 Å². The predicted molar refractivity (Wildman–Crippen MR) is 185 cm³/mol. The van der Waals surface area contributed by atoms with Gasteiger partial charge in [0.05, 0.1) is 25.3 Å². The van der Waals surface area contributed by atoms with Gasteiger partial charge in [-0.05, 0) is 72.2 Å². The molecule has 3 heterocycles. The van der Waals surface area contributed by atoms with Gasteiger partial charge < -0.3 is 0 Å². The number of unbranched alkanes of at least 4 members (excludes halogenated alkanes) is 2. The van der Waals surface area contributed by atoms with E-state index in [-0.39, 0.29) is 11.4 Å². The fourth-order valence-corrected chi connectivity index (χ4v) is 8.66. The second-order valence-electron chi connectivity index (χ2n) is 10.9. The molecule has 0 bridgehead atoms. The van der Waals surface area contributed by atoms with Crippen molar-refractivity contribution in [2.45, 2.75) is 91.9 Å². The van der Waals surface area contributed by atoms with Crippen molar-refractivity contribution in [1.82, 2.24) is 0 Å². The number of allylic oxidation sites excluding steroid dienone is 2. The number of nitriles is 2. The molecule has 0 saturated heterocycles. The maximum absolute atomic E-state index is 9.44. The third kappa shape index (κ3) is 9.51. The molecule has 2 unspecified atom stereocenters. The van der Waals surface area contributed by atoms with Crippen LogP contribution in [0.15, 0.2) is 35.7 Å². The SMILES string of the molecule is [C-]#[N+]/C(C#N)=C\c1sc(-c2ccc(-c3cc(CC(CC)CCCC)c(/C=C(\C#N)[N+]#[C-])s3)s2)cc1CC(CC)CCCC. The quantitative estimate of drug-likeness (QED) is 0.118. The van der Waals surface area contributed by atoms with E-state index in [1.807, 2.05) is 12.1 Å². The molecular formula is C36H40N4S3. The van der Waals surface area contributed by atoms with E-state index in [4.69, 9.17) is 13.1 Å². The first-order chi connectivity index (χ1) is 20.9. The van der Waals surface area contributed by atoms with Gasteiger partial charge in [-0.25, -0.2) is 20.2 Å². The topological polar surface area (TPSA) is 56.3 Å². The maximum Gasteiger partial charge on any atom is 0.263 e. The lowest BCUT2D eigenvalue weighted by Crippen LogP contribution is -2.03. The van der Waals surface area contributed by atoms with Crippen molar-refractivity contribution in [2.75, 3.05) is 0 Å². The Morgan fingerprint density at radius 2 is 1.14 bits per heavy atom. The third-order valence-corrected chi connectivity index (χ3v) is 11.6. The molecule has 0 radical (unpaired) electrons. The van der Waals surface area contributed by atoms with Crippen LogP contribution in [0.25, 0.3) is 41.4 Å². The first-order valence-electron chi connectivity index (χ1n) is 15.3. The van der Waals surface area contributed by atoms with Crippen LogP contribution < -0.4 is 0 Å². The Morgan fingerprint density at radius 3 is 1.47 bits per heavy atom. The second kappa shape index (κ2) is 17.6. The lowest BCUT2D eigenvalue weighted by molar-refractivity contribution is 0.449. The lowest BCUT2D eigenvalue weighted by Gasteiger charge is -2.14. The summed E-state index contributed by atoms with van der Waals surface area (Å²) in [6, 6.07) is 12.9. The minimum atomic E-state index is 0.121. The highest BCUT2D eigenvalue weighted by molar-refractivity contribution is 7.26. The molecule has 4 nitrogen and oxygen atoms in total. The highest BCUT2D eigenvalue weighted by atomic mass is 32.1. The molecule has 43 heavy (non-hydrogen) atoms. The second-order valence-corrected chi connectivity index (χ2v) is 14.2. The highest BCUT2D eigenvalue weighted by Crippen LogP contribution is 2.44. The Morgan fingerprint density at radius 1 is 0.721 bits per heavy atom. The zero-order valence-electron chi connectivity index (χ0n) is 25.7. The molecule has 7 heteroatoms. The van der Waals surface area contributed by atoms with Gasteiger partial charge in [-0.15, -0.1) is 34.0 Å². The zero-order valence-corrected chi connectivity index (χ0v) is 28.2. The zero-order chi connectivity index (χ0) is 31.2. The summed E-state index contributed by atoms with van der Waals surface area (Å²) in [5.41, 5.74) is 2.69. The molecule has 0 aromatic carbocycles. The molecule has 0 spiro atoms. The van der Waals surface area contributed by atoms with Gasteiger partial charge in [0.2, 0.25) is 0 Å². The predicted octanol–water partition coefficient (Wildman–Crippen LogP) is 12.3. The van der Waals surface area contributed by atoms with E-state index in [1.54, 1.807) is 46.2 Å². The number of rotatable bonds is 16. The fourth-order valence-electron chi connectivity index (χ4n) is 5.23. The van der Waals surface area contributed by atoms with Crippen LogP contribution in [-0.4, -0.2) is 0 Å². The minimum Gasteiger partial charge on any atom is -0.227 e. The Kier molecular flexibility index (Phi) is 13.9. The van der Waals surface area contributed by atoms with Crippen LogP contribution in [0.3, 0.4) is 0 Å². The fraction of sp³-hybridized carbons (Fsp3) is 0.444. The van der Waals surface area contributed by atoms with E-state index >= 15 is 0 Å². The van der Waals surface area contributed by atoms with Gasteiger partial charge in [-0.1, -0.05) is 79.1 Å². The lowest BCUT2D eigenvalue weighted by atomic mass is 9.92. The summed E-state index contributed by atoms with van der Waals surface area (Å²) in [5.74, 6) is 1.17. The molecule has 3 aromatic heterocycles. The van der Waals surface area contributed by atoms with Crippen molar-refractivity contribution in [3.63, 3.8) is 0 Å². The monoisotopic (exact) mass is 624 g/mol.